The minimum atomic E-state index is -0.991. The molecule has 0 saturated heterocycles. The SMILES string of the molecule is CC(Cc1cccs1)N(C)c1ccc(C(N)=S)c(F)c1F. The number of rotatable bonds is 5. The van der Waals surface area contributed by atoms with E-state index in [9.17, 15) is 8.78 Å². The highest BCUT2D eigenvalue weighted by molar-refractivity contribution is 7.80. The van der Waals surface area contributed by atoms with E-state index in [4.69, 9.17) is 18.0 Å². The van der Waals surface area contributed by atoms with Crippen LogP contribution < -0.4 is 10.6 Å². The summed E-state index contributed by atoms with van der Waals surface area (Å²) in [6.07, 6.45) is 0.770. The van der Waals surface area contributed by atoms with Gasteiger partial charge in [0.1, 0.15) is 4.99 Å². The first-order valence-electron chi connectivity index (χ1n) is 6.44. The Labute approximate surface area is 132 Å². The molecule has 1 heterocycles. The molecular formula is C15H16F2N2S2. The average Bonchev–Trinajstić information content (AvgIpc) is 2.93. The molecule has 1 unspecified atom stereocenters. The molecule has 0 amide bonds. The molecule has 2 aromatic rings. The number of benzene rings is 1. The van der Waals surface area contributed by atoms with E-state index < -0.39 is 11.6 Å². The van der Waals surface area contributed by atoms with Crippen LogP contribution in [0, 0.1) is 11.6 Å². The summed E-state index contributed by atoms with van der Waals surface area (Å²) in [4.78, 5) is 2.78. The Balaban J connectivity index is 2.24. The van der Waals surface area contributed by atoms with Crippen LogP contribution in [0.2, 0.25) is 0 Å². The monoisotopic (exact) mass is 326 g/mol. The maximum atomic E-state index is 14.2. The fourth-order valence-corrected chi connectivity index (χ4v) is 3.08. The maximum Gasteiger partial charge on any atom is 0.182 e. The summed E-state index contributed by atoms with van der Waals surface area (Å²) in [6, 6.07) is 6.97. The summed E-state index contributed by atoms with van der Waals surface area (Å²) >= 11 is 6.35. The number of hydrogen-bond acceptors (Lipinski definition) is 3. The lowest BCUT2D eigenvalue weighted by molar-refractivity contribution is 0.502. The molecule has 0 saturated carbocycles. The minimum absolute atomic E-state index is 0.0354. The van der Waals surface area contributed by atoms with Gasteiger partial charge in [-0.05, 0) is 30.5 Å². The second-order valence-electron chi connectivity index (χ2n) is 4.87. The van der Waals surface area contributed by atoms with Gasteiger partial charge in [-0.3, -0.25) is 0 Å². The van der Waals surface area contributed by atoms with Gasteiger partial charge in [0, 0.05) is 30.0 Å². The van der Waals surface area contributed by atoms with E-state index >= 15 is 0 Å². The lowest BCUT2D eigenvalue weighted by atomic mass is 10.1. The van der Waals surface area contributed by atoms with Gasteiger partial charge in [0.05, 0.1) is 5.69 Å². The Bertz CT molecular complexity index is 641. The molecule has 0 aliphatic heterocycles. The van der Waals surface area contributed by atoms with Crippen molar-refractivity contribution in [2.75, 3.05) is 11.9 Å². The predicted molar refractivity (Wildman–Crippen MR) is 88.1 cm³/mol. The third-order valence-electron chi connectivity index (χ3n) is 3.45. The molecule has 6 heteroatoms. The summed E-state index contributed by atoms with van der Waals surface area (Å²) in [5, 5.41) is 2.00. The summed E-state index contributed by atoms with van der Waals surface area (Å²) in [5.41, 5.74) is 5.51. The van der Waals surface area contributed by atoms with E-state index in [1.54, 1.807) is 23.3 Å². The fourth-order valence-electron chi connectivity index (χ4n) is 2.10. The van der Waals surface area contributed by atoms with Crippen LogP contribution in [0.1, 0.15) is 17.4 Å². The van der Waals surface area contributed by atoms with Gasteiger partial charge < -0.3 is 10.6 Å². The molecule has 1 aromatic heterocycles. The van der Waals surface area contributed by atoms with Crippen molar-refractivity contribution < 1.29 is 8.78 Å². The number of thiocarbonyl (C=S) groups is 1. The number of nitrogens with zero attached hydrogens (tertiary/aromatic N) is 1. The highest BCUT2D eigenvalue weighted by Gasteiger charge is 2.20. The largest absolute Gasteiger partial charge is 0.389 e. The second-order valence-corrected chi connectivity index (χ2v) is 6.34. The Morgan fingerprint density at radius 2 is 2.05 bits per heavy atom. The van der Waals surface area contributed by atoms with Crippen molar-refractivity contribution >= 4 is 34.2 Å². The normalized spacial score (nSPS) is 12.2. The second kappa shape index (κ2) is 6.49. The maximum absolute atomic E-state index is 14.2. The van der Waals surface area contributed by atoms with Crippen molar-refractivity contribution in [3.8, 4) is 0 Å². The van der Waals surface area contributed by atoms with Crippen molar-refractivity contribution in [1.29, 1.82) is 0 Å². The molecule has 0 bridgehead atoms. The van der Waals surface area contributed by atoms with Crippen LogP contribution in [0.25, 0.3) is 0 Å². The fraction of sp³-hybridized carbons (Fsp3) is 0.267. The van der Waals surface area contributed by atoms with Gasteiger partial charge in [0.15, 0.2) is 11.6 Å². The van der Waals surface area contributed by atoms with Gasteiger partial charge >= 0.3 is 0 Å². The molecule has 2 rings (SSSR count). The summed E-state index contributed by atoms with van der Waals surface area (Å²) < 4.78 is 28.1. The Morgan fingerprint density at radius 3 is 2.62 bits per heavy atom. The molecule has 0 aliphatic carbocycles. The average molecular weight is 326 g/mol. The molecule has 1 atom stereocenters. The highest BCUT2D eigenvalue weighted by atomic mass is 32.1. The van der Waals surface area contributed by atoms with E-state index in [1.807, 2.05) is 24.4 Å². The summed E-state index contributed by atoms with van der Waals surface area (Å²) in [7, 11) is 1.75. The van der Waals surface area contributed by atoms with Crippen LogP contribution in [-0.4, -0.2) is 18.1 Å². The Kier molecular flexibility index (Phi) is 4.90. The zero-order valence-electron chi connectivity index (χ0n) is 11.8. The van der Waals surface area contributed by atoms with Crippen molar-refractivity contribution in [2.24, 2.45) is 5.73 Å². The van der Waals surface area contributed by atoms with Crippen molar-refractivity contribution in [3.63, 3.8) is 0 Å². The third-order valence-corrected chi connectivity index (χ3v) is 4.56. The molecule has 21 heavy (non-hydrogen) atoms. The summed E-state index contributed by atoms with van der Waals surface area (Å²) in [5.74, 6) is -1.91. The van der Waals surface area contributed by atoms with Gasteiger partial charge in [-0.1, -0.05) is 18.3 Å². The number of thiophene rings is 1. The lowest BCUT2D eigenvalue weighted by Crippen LogP contribution is -2.31. The molecular weight excluding hydrogens is 310 g/mol. The van der Waals surface area contributed by atoms with Crippen LogP contribution in [0.5, 0.6) is 0 Å². The van der Waals surface area contributed by atoms with E-state index in [0.717, 1.165) is 6.42 Å². The van der Waals surface area contributed by atoms with Crippen LogP contribution in [0.3, 0.4) is 0 Å². The van der Waals surface area contributed by atoms with E-state index in [0.29, 0.717) is 0 Å². The molecule has 2 nitrogen and oxygen atoms in total. The van der Waals surface area contributed by atoms with Crippen LogP contribution in [0.4, 0.5) is 14.5 Å². The Hall–Kier alpha value is -1.53. The van der Waals surface area contributed by atoms with Gasteiger partial charge in [-0.15, -0.1) is 11.3 Å². The highest BCUT2D eigenvalue weighted by Crippen LogP contribution is 2.26. The van der Waals surface area contributed by atoms with Crippen LogP contribution in [-0.2, 0) is 6.42 Å². The molecule has 0 spiro atoms. The van der Waals surface area contributed by atoms with E-state index in [1.165, 1.54) is 17.0 Å². The quantitative estimate of drug-likeness (QED) is 0.849. The molecule has 0 radical (unpaired) electrons. The Morgan fingerprint density at radius 1 is 1.33 bits per heavy atom. The smallest absolute Gasteiger partial charge is 0.182 e. The molecule has 0 fully saturated rings. The number of likely N-dealkylation sites (N-methyl/N-ethyl adjacent to an activating group) is 1. The third kappa shape index (κ3) is 3.39. The molecule has 112 valence electrons. The molecule has 1 aromatic carbocycles. The number of anilines is 1. The van der Waals surface area contributed by atoms with Crippen molar-refractivity contribution in [2.45, 2.75) is 19.4 Å². The van der Waals surface area contributed by atoms with Crippen LogP contribution >= 0.6 is 23.6 Å². The number of nitrogens with two attached hydrogens (primary N) is 1. The first kappa shape index (κ1) is 15.9. The molecule has 2 N–H and O–H groups in total. The lowest BCUT2D eigenvalue weighted by Gasteiger charge is -2.27. The van der Waals surface area contributed by atoms with Crippen molar-refractivity contribution in [1.82, 2.24) is 0 Å². The first-order chi connectivity index (χ1) is 9.91. The molecule has 0 aliphatic rings. The van der Waals surface area contributed by atoms with E-state index in [-0.39, 0.29) is 22.3 Å². The minimum Gasteiger partial charge on any atom is -0.389 e. The first-order valence-corrected chi connectivity index (χ1v) is 7.73. The van der Waals surface area contributed by atoms with Gasteiger partial charge in [0.2, 0.25) is 0 Å². The topological polar surface area (TPSA) is 29.3 Å². The van der Waals surface area contributed by atoms with Crippen LogP contribution in [0.15, 0.2) is 29.6 Å². The number of hydrogen-bond donors (Lipinski definition) is 1. The zero-order chi connectivity index (χ0) is 15.6. The summed E-state index contributed by atoms with van der Waals surface area (Å²) in [6.45, 7) is 1.97. The number of halogens is 2. The van der Waals surface area contributed by atoms with Gasteiger partial charge in [-0.2, -0.15) is 0 Å². The van der Waals surface area contributed by atoms with Crippen molar-refractivity contribution in [3.05, 3.63) is 51.7 Å². The predicted octanol–water partition coefficient (Wildman–Crippen LogP) is 3.73. The van der Waals surface area contributed by atoms with Gasteiger partial charge in [-0.25, -0.2) is 8.78 Å². The van der Waals surface area contributed by atoms with E-state index in [2.05, 4.69) is 0 Å². The standard InChI is InChI=1S/C15H16F2N2S2/c1-9(8-10-4-3-7-21-10)19(2)12-6-5-11(15(18)20)13(16)14(12)17/h3-7,9H,8H2,1-2H3,(H2,18,20). The van der Waals surface area contributed by atoms with Gasteiger partial charge in [0.25, 0.3) is 0 Å². The zero-order valence-corrected chi connectivity index (χ0v) is 13.4.